The van der Waals surface area contributed by atoms with E-state index in [1.165, 1.54) is 25.3 Å². The van der Waals surface area contributed by atoms with Gasteiger partial charge in [-0.1, -0.05) is 12.1 Å². The van der Waals surface area contributed by atoms with Crippen LogP contribution in [0.4, 0.5) is 11.5 Å². The van der Waals surface area contributed by atoms with Crippen LogP contribution in [-0.2, 0) is 14.6 Å². The Morgan fingerprint density at radius 3 is 2.42 bits per heavy atom. The second-order valence-electron chi connectivity index (χ2n) is 7.49. The Labute approximate surface area is 180 Å². The number of rotatable bonds is 3. The van der Waals surface area contributed by atoms with E-state index in [-0.39, 0.29) is 35.1 Å². The molecular weight excluding hydrogens is 418 g/mol. The zero-order valence-electron chi connectivity index (χ0n) is 17.3. The molecule has 1 aliphatic heterocycles. The smallest absolute Gasteiger partial charge is 0.294 e. The van der Waals surface area contributed by atoms with Crippen molar-refractivity contribution in [2.45, 2.75) is 24.8 Å². The highest BCUT2D eigenvalue weighted by atomic mass is 32.2. The van der Waals surface area contributed by atoms with E-state index in [0.717, 1.165) is 11.8 Å². The summed E-state index contributed by atoms with van der Waals surface area (Å²) in [4.78, 5) is 33.2. The van der Waals surface area contributed by atoms with Crippen molar-refractivity contribution in [2.75, 3.05) is 22.6 Å². The van der Waals surface area contributed by atoms with Crippen molar-refractivity contribution in [3.05, 3.63) is 60.7 Å². The van der Waals surface area contributed by atoms with Gasteiger partial charge in [0, 0.05) is 31.5 Å². The molecule has 9 heteroatoms. The van der Waals surface area contributed by atoms with Crippen LogP contribution in [0.15, 0.2) is 64.2 Å². The molecule has 0 unspecified atom stereocenters. The SMILES string of the molecule is CC(=O)N1c2ncc(-c3ccc(S(C)(=O)=O)cc3)cc2N(C(=O)c2ccco2)C[C@@H]1C. The predicted octanol–water partition coefficient (Wildman–Crippen LogP) is 3.15. The largest absolute Gasteiger partial charge is 0.459 e. The summed E-state index contributed by atoms with van der Waals surface area (Å²) >= 11 is 0. The molecule has 4 rings (SSSR count). The monoisotopic (exact) mass is 439 g/mol. The Morgan fingerprint density at radius 1 is 1.13 bits per heavy atom. The minimum atomic E-state index is -3.31. The van der Waals surface area contributed by atoms with Gasteiger partial charge in [-0.25, -0.2) is 13.4 Å². The van der Waals surface area contributed by atoms with Gasteiger partial charge in [0.1, 0.15) is 0 Å². The average molecular weight is 439 g/mol. The lowest BCUT2D eigenvalue weighted by molar-refractivity contribution is -0.117. The van der Waals surface area contributed by atoms with Crippen LogP contribution in [-0.4, -0.2) is 44.1 Å². The van der Waals surface area contributed by atoms with Crippen molar-refractivity contribution in [3.63, 3.8) is 0 Å². The number of carbonyl (C=O) groups excluding carboxylic acids is 2. The maximum Gasteiger partial charge on any atom is 0.294 e. The minimum absolute atomic E-state index is 0.170. The molecule has 2 aromatic heterocycles. The fraction of sp³-hybridized carbons (Fsp3) is 0.227. The number of hydrogen-bond acceptors (Lipinski definition) is 6. The van der Waals surface area contributed by atoms with Crippen LogP contribution in [0.25, 0.3) is 11.1 Å². The lowest BCUT2D eigenvalue weighted by atomic mass is 10.0. The third kappa shape index (κ3) is 3.84. The number of carbonyl (C=O) groups is 2. The normalized spacial score (nSPS) is 16.2. The molecule has 8 nitrogen and oxygen atoms in total. The van der Waals surface area contributed by atoms with E-state index in [1.54, 1.807) is 46.3 Å². The van der Waals surface area contributed by atoms with Crippen molar-refractivity contribution < 1.29 is 22.4 Å². The summed E-state index contributed by atoms with van der Waals surface area (Å²) in [7, 11) is -3.31. The lowest BCUT2D eigenvalue weighted by Crippen LogP contribution is -2.51. The number of nitrogens with zero attached hydrogens (tertiary/aromatic N) is 3. The van der Waals surface area contributed by atoms with Gasteiger partial charge in [-0.15, -0.1) is 0 Å². The second-order valence-corrected chi connectivity index (χ2v) is 9.51. The molecule has 3 heterocycles. The van der Waals surface area contributed by atoms with Crippen LogP contribution in [0, 0.1) is 0 Å². The van der Waals surface area contributed by atoms with E-state index in [4.69, 9.17) is 4.42 Å². The third-order valence-corrected chi connectivity index (χ3v) is 6.31. The molecule has 160 valence electrons. The van der Waals surface area contributed by atoms with E-state index >= 15 is 0 Å². The number of hydrogen-bond donors (Lipinski definition) is 0. The number of fused-ring (bicyclic) bond motifs is 1. The van der Waals surface area contributed by atoms with Crippen molar-refractivity contribution in [1.82, 2.24) is 4.98 Å². The molecule has 0 saturated heterocycles. The van der Waals surface area contributed by atoms with E-state index in [2.05, 4.69) is 4.98 Å². The van der Waals surface area contributed by atoms with Crippen LogP contribution in [0.1, 0.15) is 24.4 Å². The van der Waals surface area contributed by atoms with Gasteiger partial charge in [0.05, 0.1) is 22.9 Å². The molecular formula is C22H21N3O5S. The molecule has 0 N–H and O–H groups in total. The van der Waals surface area contributed by atoms with Gasteiger partial charge in [-0.3, -0.25) is 14.5 Å². The van der Waals surface area contributed by atoms with Crippen LogP contribution in [0.3, 0.4) is 0 Å². The van der Waals surface area contributed by atoms with Gasteiger partial charge in [0.15, 0.2) is 21.4 Å². The minimum Gasteiger partial charge on any atom is -0.459 e. The average Bonchev–Trinajstić information content (AvgIpc) is 3.26. The number of amides is 2. The summed E-state index contributed by atoms with van der Waals surface area (Å²) in [5.74, 6) is 0.0873. The van der Waals surface area contributed by atoms with Crippen LogP contribution < -0.4 is 9.80 Å². The maximum atomic E-state index is 13.1. The Hall–Kier alpha value is -3.46. The van der Waals surface area contributed by atoms with Crippen molar-refractivity contribution in [2.24, 2.45) is 0 Å². The van der Waals surface area contributed by atoms with Gasteiger partial charge in [0.25, 0.3) is 5.91 Å². The summed E-state index contributed by atoms with van der Waals surface area (Å²) in [5, 5.41) is 0. The third-order valence-electron chi connectivity index (χ3n) is 5.19. The fourth-order valence-corrected chi connectivity index (χ4v) is 4.35. The van der Waals surface area contributed by atoms with Gasteiger partial charge in [-0.2, -0.15) is 0 Å². The Kier molecular flexibility index (Phi) is 5.14. The Bertz CT molecular complexity index is 1250. The topological polar surface area (TPSA) is 101 Å². The number of sulfone groups is 1. The number of anilines is 2. The first-order valence-corrected chi connectivity index (χ1v) is 11.5. The van der Waals surface area contributed by atoms with Crippen LogP contribution in [0.5, 0.6) is 0 Å². The predicted molar refractivity (Wildman–Crippen MR) is 116 cm³/mol. The van der Waals surface area contributed by atoms with E-state index in [0.29, 0.717) is 17.1 Å². The fourth-order valence-electron chi connectivity index (χ4n) is 3.72. The standard InChI is InChI=1S/C22H21N3O5S/c1-14-13-24(22(27)20-5-4-10-30-20)19-11-17(12-23-21(19)25(14)15(2)26)16-6-8-18(9-7-16)31(3,28)29/h4-12,14H,13H2,1-3H3/t14-/m0/s1. The summed E-state index contributed by atoms with van der Waals surface area (Å²) in [5.41, 5.74) is 1.91. The first-order chi connectivity index (χ1) is 14.7. The molecule has 0 aliphatic carbocycles. The van der Waals surface area contributed by atoms with Gasteiger partial charge in [0.2, 0.25) is 5.91 Å². The molecule has 0 spiro atoms. The van der Waals surface area contributed by atoms with Gasteiger partial charge >= 0.3 is 0 Å². The molecule has 2 amide bonds. The van der Waals surface area contributed by atoms with E-state index in [1.807, 2.05) is 6.92 Å². The molecule has 0 radical (unpaired) electrons. The van der Waals surface area contributed by atoms with Gasteiger partial charge < -0.3 is 9.32 Å². The molecule has 0 saturated carbocycles. The molecule has 1 atom stereocenters. The van der Waals surface area contributed by atoms with E-state index < -0.39 is 9.84 Å². The summed E-state index contributed by atoms with van der Waals surface area (Å²) in [6, 6.07) is 11.2. The van der Waals surface area contributed by atoms with Crippen LogP contribution in [0.2, 0.25) is 0 Å². The second kappa shape index (κ2) is 7.66. The molecule has 31 heavy (non-hydrogen) atoms. The van der Waals surface area contributed by atoms with Crippen molar-refractivity contribution in [3.8, 4) is 11.1 Å². The highest BCUT2D eigenvalue weighted by molar-refractivity contribution is 7.90. The quantitative estimate of drug-likeness (QED) is 0.621. The lowest BCUT2D eigenvalue weighted by Gasteiger charge is -2.39. The summed E-state index contributed by atoms with van der Waals surface area (Å²) in [6.07, 6.45) is 4.19. The molecule has 1 aliphatic rings. The van der Waals surface area contributed by atoms with Crippen LogP contribution >= 0.6 is 0 Å². The summed E-state index contributed by atoms with van der Waals surface area (Å²) in [6.45, 7) is 3.60. The number of pyridine rings is 1. The molecule has 0 fully saturated rings. The zero-order chi connectivity index (χ0) is 22.3. The molecule has 1 aromatic carbocycles. The number of aromatic nitrogens is 1. The first-order valence-electron chi connectivity index (χ1n) is 9.62. The zero-order valence-corrected chi connectivity index (χ0v) is 18.1. The highest BCUT2D eigenvalue weighted by Gasteiger charge is 2.36. The number of furan rings is 1. The molecule has 0 bridgehead atoms. The van der Waals surface area contributed by atoms with Crippen molar-refractivity contribution >= 4 is 33.2 Å². The van der Waals surface area contributed by atoms with Gasteiger partial charge in [-0.05, 0) is 42.8 Å². The highest BCUT2D eigenvalue weighted by Crippen LogP contribution is 2.37. The molecule has 3 aromatic rings. The first kappa shape index (κ1) is 20.8. The van der Waals surface area contributed by atoms with Crippen molar-refractivity contribution in [1.29, 1.82) is 0 Å². The summed E-state index contributed by atoms with van der Waals surface area (Å²) < 4.78 is 28.7. The number of benzene rings is 1. The Balaban J connectivity index is 1.81. The van der Waals surface area contributed by atoms with E-state index in [9.17, 15) is 18.0 Å². The Morgan fingerprint density at radius 2 is 1.84 bits per heavy atom. The maximum absolute atomic E-state index is 13.1.